The molecule has 10 heteroatoms. The summed E-state index contributed by atoms with van der Waals surface area (Å²) in [5.74, 6) is -0.520. The van der Waals surface area contributed by atoms with Crippen molar-refractivity contribution in [3.05, 3.63) is 65.1 Å². The highest BCUT2D eigenvalue weighted by atomic mass is 19.1. The van der Waals surface area contributed by atoms with Crippen molar-refractivity contribution >= 4 is 17.6 Å². The first-order chi connectivity index (χ1) is 16.8. The molecule has 9 nitrogen and oxygen atoms in total. The molecule has 1 fully saturated rings. The van der Waals surface area contributed by atoms with Crippen molar-refractivity contribution in [3.63, 3.8) is 0 Å². The Labute approximate surface area is 202 Å². The third-order valence-corrected chi connectivity index (χ3v) is 5.38. The van der Waals surface area contributed by atoms with Crippen LogP contribution in [0.4, 0.5) is 10.2 Å². The van der Waals surface area contributed by atoms with E-state index in [-0.39, 0.29) is 34.6 Å². The summed E-state index contributed by atoms with van der Waals surface area (Å²) in [4.78, 5) is 26.9. The van der Waals surface area contributed by atoms with Crippen LogP contribution in [0.2, 0.25) is 0 Å². The fourth-order valence-corrected chi connectivity index (χ4v) is 3.55. The topological polar surface area (TPSA) is 106 Å². The van der Waals surface area contributed by atoms with Crippen LogP contribution in [0.5, 0.6) is 17.2 Å². The van der Waals surface area contributed by atoms with Crippen LogP contribution >= 0.6 is 0 Å². The predicted molar refractivity (Wildman–Crippen MR) is 127 cm³/mol. The van der Waals surface area contributed by atoms with Gasteiger partial charge < -0.3 is 24.4 Å². The number of hydrogen-bond acceptors (Lipinski definition) is 6. The van der Waals surface area contributed by atoms with E-state index in [1.54, 1.807) is 30.2 Å². The van der Waals surface area contributed by atoms with E-state index in [1.807, 2.05) is 13.8 Å². The fraction of sp³-hybridized carbons (Fsp3) is 0.320. The fourth-order valence-electron chi connectivity index (χ4n) is 3.55. The molecule has 1 aromatic heterocycles. The second-order valence-electron chi connectivity index (χ2n) is 8.36. The lowest BCUT2D eigenvalue weighted by Crippen LogP contribution is -2.42. The Kier molecular flexibility index (Phi) is 7.31. The van der Waals surface area contributed by atoms with Crippen LogP contribution in [0.25, 0.3) is 0 Å². The lowest BCUT2D eigenvalue weighted by molar-refractivity contribution is 0.0651. The molecular formula is C25H27FN4O5. The monoisotopic (exact) mass is 482 g/mol. The zero-order valence-corrected chi connectivity index (χ0v) is 19.8. The predicted octanol–water partition coefficient (Wildman–Crippen LogP) is 4.16. The van der Waals surface area contributed by atoms with Gasteiger partial charge in [-0.05, 0) is 50.6 Å². The number of likely N-dealkylation sites (tertiary alicyclic amines) is 1. The molecule has 2 heterocycles. The van der Waals surface area contributed by atoms with E-state index in [1.165, 1.54) is 18.2 Å². The summed E-state index contributed by atoms with van der Waals surface area (Å²) in [5, 5.41) is 9.46. The largest absolute Gasteiger partial charge is 0.488 e. The summed E-state index contributed by atoms with van der Waals surface area (Å²) in [6.45, 7) is 5.32. The maximum atomic E-state index is 14.8. The van der Waals surface area contributed by atoms with Gasteiger partial charge in [-0.25, -0.2) is 4.39 Å². The van der Waals surface area contributed by atoms with E-state index in [0.29, 0.717) is 31.3 Å². The first-order valence-electron chi connectivity index (χ1n) is 11.2. The normalized spacial score (nSPS) is 13.7. The van der Waals surface area contributed by atoms with Crippen LogP contribution < -0.4 is 14.8 Å². The first-order valence-corrected chi connectivity index (χ1v) is 11.2. The Hall–Kier alpha value is -3.92. The zero-order chi connectivity index (χ0) is 24.9. The zero-order valence-electron chi connectivity index (χ0n) is 19.8. The summed E-state index contributed by atoms with van der Waals surface area (Å²) >= 11 is 0. The van der Waals surface area contributed by atoms with Crippen molar-refractivity contribution in [1.29, 1.82) is 0 Å². The number of carbonyl (C=O) groups excluding carboxylic acids is 2. The highest BCUT2D eigenvalue weighted by Crippen LogP contribution is 2.31. The number of nitrogens with zero attached hydrogens (tertiary/aromatic N) is 2. The molecular weight excluding hydrogens is 455 g/mol. The van der Waals surface area contributed by atoms with Gasteiger partial charge in [0, 0.05) is 49.2 Å². The Morgan fingerprint density at radius 2 is 1.91 bits per heavy atom. The maximum Gasteiger partial charge on any atom is 0.257 e. The number of aromatic amines is 1. The molecule has 4 rings (SSSR count). The van der Waals surface area contributed by atoms with Crippen molar-refractivity contribution < 1.29 is 28.2 Å². The molecule has 0 spiro atoms. The molecule has 2 N–H and O–H groups in total. The van der Waals surface area contributed by atoms with Gasteiger partial charge in [-0.1, -0.05) is 0 Å². The van der Waals surface area contributed by atoms with Crippen LogP contribution in [0.1, 0.15) is 39.8 Å². The summed E-state index contributed by atoms with van der Waals surface area (Å²) in [7, 11) is 1.56. The van der Waals surface area contributed by atoms with Crippen molar-refractivity contribution in [2.45, 2.75) is 26.4 Å². The van der Waals surface area contributed by atoms with Gasteiger partial charge in [0.25, 0.3) is 11.8 Å². The minimum atomic E-state index is -0.687. The number of nitrogens with one attached hydrogen (secondary N) is 2. The van der Waals surface area contributed by atoms with E-state index in [9.17, 15) is 14.0 Å². The summed E-state index contributed by atoms with van der Waals surface area (Å²) in [5.41, 5.74) is 1.28. The lowest BCUT2D eigenvalue weighted by atomic mass is 10.1. The van der Waals surface area contributed by atoms with Crippen LogP contribution in [0, 0.1) is 12.7 Å². The molecule has 0 unspecified atom stereocenters. The number of halogens is 1. The number of benzene rings is 2. The highest BCUT2D eigenvalue weighted by molar-refractivity contribution is 6.04. The second-order valence-corrected chi connectivity index (χ2v) is 8.36. The van der Waals surface area contributed by atoms with Gasteiger partial charge in [-0.3, -0.25) is 14.7 Å². The van der Waals surface area contributed by atoms with Gasteiger partial charge in [0.2, 0.25) is 0 Å². The van der Waals surface area contributed by atoms with Gasteiger partial charge in [-0.2, -0.15) is 5.10 Å². The van der Waals surface area contributed by atoms with E-state index in [4.69, 9.17) is 14.2 Å². The minimum absolute atomic E-state index is 0.0819. The molecule has 0 aliphatic carbocycles. The Morgan fingerprint density at radius 3 is 2.54 bits per heavy atom. The molecule has 0 bridgehead atoms. The number of hydrogen-bond donors (Lipinski definition) is 2. The number of carbonyl (C=O) groups is 2. The minimum Gasteiger partial charge on any atom is -0.488 e. The van der Waals surface area contributed by atoms with Crippen LogP contribution in [-0.4, -0.2) is 59.8 Å². The number of aryl methyl sites for hydroxylation is 1. The Balaban J connectivity index is 1.58. The van der Waals surface area contributed by atoms with Gasteiger partial charge >= 0.3 is 0 Å². The molecule has 2 amide bonds. The SMILES string of the molecule is COC[C@H](C)Oc1cc(Oc2ccc(C(=O)N3CCC3)cc2F)cc(C(=O)Nc2cc(C)[nH]n2)c1. The molecule has 1 aliphatic heterocycles. The van der Waals surface area contributed by atoms with Gasteiger partial charge in [0.05, 0.1) is 6.61 Å². The Morgan fingerprint density at radius 1 is 1.14 bits per heavy atom. The van der Waals surface area contributed by atoms with Gasteiger partial charge in [0.15, 0.2) is 17.4 Å². The van der Waals surface area contributed by atoms with Crippen LogP contribution in [0.3, 0.4) is 0 Å². The quantitative estimate of drug-likeness (QED) is 0.474. The molecule has 0 saturated carbocycles. The number of methoxy groups -OCH3 is 1. The molecule has 35 heavy (non-hydrogen) atoms. The van der Waals surface area contributed by atoms with E-state index >= 15 is 0 Å². The molecule has 1 atom stereocenters. The number of aromatic nitrogens is 2. The number of H-pyrrole nitrogens is 1. The maximum absolute atomic E-state index is 14.8. The number of anilines is 1. The lowest BCUT2D eigenvalue weighted by Gasteiger charge is -2.30. The summed E-state index contributed by atoms with van der Waals surface area (Å²) in [6, 6.07) is 10.4. The smallest absolute Gasteiger partial charge is 0.257 e. The average Bonchev–Trinajstić information content (AvgIpc) is 3.18. The van der Waals surface area contributed by atoms with E-state index in [2.05, 4.69) is 15.5 Å². The molecule has 1 saturated heterocycles. The summed E-state index contributed by atoms with van der Waals surface area (Å²) in [6.07, 6.45) is 0.649. The van der Waals surface area contributed by atoms with E-state index < -0.39 is 11.7 Å². The second kappa shape index (κ2) is 10.6. The molecule has 1 aliphatic rings. The number of ether oxygens (including phenoxy) is 3. The third kappa shape index (κ3) is 5.96. The van der Waals surface area contributed by atoms with Crippen molar-refractivity contribution in [1.82, 2.24) is 15.1 Å². The molecule has 184 valence electrons. The van der Waals surface area contributed by atoms with Crippen LogP contribution in [0.15, 0.2) is 42.5 Å². The molecule has 0 radical (unpaired) electrons. The van der Waals surface area contributed by atoms with Crippen molar-refractivity contribution in [3.8, 4) is 17.2 Å². The highest BCUT2D eigenvalue weighted by Gasteiger charge is 2.23. The first kappa shape index (κ1) is 24.2. The van der Waals surface area contributed by atoms with Crippen molar-refractivity contribution in [2.75, 3.05) is 32.1 Å². The number of amides is 2. The van der Waals surface area contributed by atoms with Gasteiger partial charge in [0.1, 0.15) is 17.6 Å². The Bertz CT molecular complexity index is 1220. The van der Waals surface area contributed by atoms with Gasteiger partial charge in [-0.15, -0.1) is 0 Å². The third-order valence-electron chi connectivity index (χ3n) is 5.38. The van der Waals surface area contributed by atoms with E-state index in [0.717, 1.165) is 18.2 Å². The molecule has 3 aromatic rings. The number of rotatable bonds is 9. The van der Waals surface area contributed by atoms with Crippen molar-refractivity contribution in [2.24, 2.45) is 0 Å². The van der Waals surface area contributed by atoms with Crippen LogP contribution in [-0.2, 0) is 4.74 Å². The summed E-state index contributed by atoms with van der Waals surface area (Å²) < 4.78 is 31.5. The average molecular weight is 483 g/mol. The molecule has 2 aromatic carbocycles. The standard InChI is InChI=1S/C25H27FN4O5/c1-15-9-23(29-28-15)27-24(31)18-10-19(34-16(2)14-33-3)13-20(11-18)35-22-6-5-17(12-21(22)26)25(32)30-7-4-8-30/h5-6,9-13,16H,4,7-8,14H2,1-3H3,(H2,27,28,29,31)/t16-/m0/s1.